The molecule has 138 valence electrons. The van der Waals surface area contributed by atoms with Gasteiger partial charge in [-0.2, -0.15) is 0 Å². The van der Waals surface area contributed by atoms with E-state index in [4.69, 9.17) is 12.2 Å². The molecule has 1 aromatic carbocycles. The molecule has 0 spiro atoms. The number of amides is 1. The minimum atomic E-state index is -0.119. The molecule has 1 N–H and O–H groups in total. The third kappa shape index (κ3) is 3.22. The van der Waals surface area contributed by atoms with E-state index in [2.05, 4.69) is 9.88 Å². The van der Waals surface area contributed by atoms with Crippen molar-refractivity contribution in [2.75, 3.05) is 6.54 Å². The van der Waals surface area contributed by atoms with Crippen LogP contribution < -0.4 is 5.56 Å². The van der Waals surface area contributed by atoms with Crippen LogP contribution in [-0.2, 0) is 11.3 Å². The minimum Gasteiger partial charge on any atom is -0.339 e. The molecule has 26 heavy (non-hydrogen) atoms. The number of hydrogen-bond acceptors (Lipinski definition) is 3. The lowest BCUT2D eigenvalue weighted by Gasteiger charge is -2.44. The van der Waals surface area contributed by atoms with Gasteiger partial charge in [0, 0.05) is 25.6 Å². The van der Waals surface area contributed by atoms with E-state index >= 15 is 0 Å². The lowest BCUT2D eigenvalue weighted by atomic mass is 9.78. The molecule has 1 saturated carbocycles. The van der Waals surface area contributed by atoms with Gasteiger partial charge in [0.25, 0.3) is 5.56 Å². The first-order chi connectivity index (χ1) is 12.6. The fraction of sp³-hybridized carbons (Fsp3) is 0.550. The van der Waals surface area contributed by atoms with Crippen molar-refractivity contribution in [3.05, 3.63) is 39.4 Å². The molecule has 1 aliphatic carbocycles. The summed E-state index contributed by atoms with van der Waals surface area (Å²) in [5.41, 5.74) is 0.623. The number of nitrogens with one attached hydrogen (secondary N) is 1. The number of aromatic nitrogens is 2. The SMILES string of the molecule is O=C(CCn1c(=S)[nH]c2ccccc2c1=O)N1CCC[C@H]2CCCC[C@H]21. The number of carbonyl (C=O) groups is 1. The van der Waals surface area contributed by atoms with Crippen LogP contribution in [0.5, 0.6) is 0 Å². The molecular weight excluding hydrogens is 346 g/mol. The van der Waals surface area contributed by atoms with Crippen LogP contribution in [0.3, 0.4) is 0 Å². The maximum absolute atomic E-state index is 12.9. The molecule has 0 unspecified atom stereocenters. The zero-order valence-electron chi connectivity index (χ0n) is 14.9. The largest absolute Gasteiger partial charge is 0.339 e. The first-order valence-corrected chi connectivity index (χ1v) is 10.1. The van der Waals surface area contributed by atoms with Gasteiger partial charge in [-0.05, 0) is 56.0 Å². The maximum atomic E-state index is 12.9. The lowest BCUT2D eigenvalue weighted by Crippen LogP contribution is -2.49. The van der Waals surface area contributed by atoms with Crippen LogP contribution in [0.1, 0.15) is 44.9 Å². The average Bonchev–Trinajstić information content (AvgIpc) is 2.67. The molecule has 0 bridgehead atoms. The highest BCUT2D eigenvalue weighted by molar-refractivity contribution is 7.71. The molecule has 4 rings (SSSR count). The predicted octanol–water partition coefficient (Wildman–Crippen LogP) is 3.63. The van der Waals surface area contributed by atoms with Gasteiger partial charge in [-0.3, -0.25) is 14.2 Å². The quantitative estimate of drug-likeness (QED) is 0.838. The Morgan fingerprint density at radius 2 is 1.92 bits per heavy atom. The average molecular weight is 372 g/mol. The second-order valence-corrected chi connectivity index (χ2v) is 7.91. The van der Waals surface area contributed by atoms with Gasteiger partial charge in [0.1, 0.15) is 0 Å². The van der Waals surface area contributed by atoms with Crippen LogP contribution in [0.4, 0.5) is 0 Å². The summed E-state index contributed by atoms with van der Waals surface area (Å²) in [6.07, 6.45) is 7.59. The lowest BCUT2D eigenvalue weighted by molar-refractivity contribution is -0.137. The molecule has 2 aromatic rings. The summed E-state index contributed by atoms with van der Waals surface area (Å²) >= 11 is 5.35. The van der Waals surface area contributed by atoms with Gasteiger partial charge in [-0.25, -0.2) is 0 Å². The van der Waals surface area contributed by atoms with Crippen LogP contribution in [0, 0.1) is 10.7 Å². The molecule has 1 amide bonds. The third-order valence-corrected chi connectivity index (χ3v) is 6.32. The molecule has 2 atom stereocenters. The highest BCUT2D eigenvalue weighted by Crippen LogP contribution is 2.35. The Morgan fingerprint density at radius 1 is 1.15 bits per heavy atom. The van der Waals surface area contributed by atoms with Gasteiger partial charge >= 0.3 is 0 Å². The predicted molar refractivity (Wildman–Crippen MR) is 105 cm³/mol. The number of H-pyrrole nitrogens is 1. The highest BCUT2D eigenvalue weighted by Gasteiger charge is 2.35. The van der Waals surface area contributed by atoms with Crippen molar-refractivity contribution < 1.29 is 4.79 Å². The molecular formula is C20H25N3O2S. The number of nitrogens with zero attached hydrogens (tertiary/aromatic N) is 2. The van der Waals surface area contributed by atoms with Crippen LogP contribution in [0.2, 0.25) is 0 Å². The van der Waals surface area contributed by atoms with Crippen molar-refractivity contribution in [2.24, 2.45) is 5.92 Å². The van der Waals surface area contributed by atoms with E-state index < -0.39 is 0 Å². The Hall–Kier alpha value is -1.95. The number of piperidine rings is 1. The molecule has 0 radical (unpaired) electrons. The van der Waals surface area contributed by atoms with Crippen molar-refractivity contribution in [3.63, 3.8) is 0 Å². The van der Waals surface area contributed by atoms with E-state index in [1.807, 2.05) is 18.2 Å². The summed E-state index contributed by atoms with van der Waals surface area (Å²) in [5, 5.41) is 0.610. The Bertz CT molecular complexity index is 931. The fourth-order valence-electron chi connectivity index (χ4n) is 4.69. The summed E-state index contributed by atoms with van der Waals surface area (Å²) in [6.45, 7) is 1.20. The topological polar surface area (TPSA) is 58.1 Å². The van der Waals surface area contributed by atoms with Gasteiger partial charge in [0.2, 0.25) is 5.91 Å². The molecule has 6 heteroatoms. The van der Waals surface area contributed by atoms with Crippen molar-refractivity contribution in [3.8, 4) is 0 Å². The van der Waals surface area contributed by atoms with E-state index in [1.165, 1.54) is 30.3 Å². The Labute approximate surface area is 158 Å². The maximum Gasteiger partial charge on any atom is 0.262 e. The van der Waals surface area contributed by atoms with Crippen molar-refractivity contribution in [2.45, 2.75) is 57.5 Å². The molecule has 5 nitrogen and oxygen atoms in total. The monoisotopic (exact) mass is 371 g/mol. The third-order valence-electron chi connectivity index (χ3n) is 6.00. The van der Waals surface area contributed by atoms with Gasteiger partial charge in [-0.15, -0.1) is 0 Å². The number of carbonyl (C=O) groups excluding carboxylic acids is 1. The van der Waals surface area contributed by atoms with Gasteiger partial charge in [-0.1, -0.05) is 25.0 Å². The fourth-order valence-corrected chi connectivity index (χ4v) is 4.97. The zero-order chi connectivity index (χ0) is 18.1. The van der Waals surface area contributed by atoms with Gasteiger partial charge in [0.15, 0.2) is 4.77 Å². The number of fused-ring (bicyclic) bond motifs is 2. The molecule has 1 aliphatic heterocycles. The number of hydrogen-bond donors (Lipinski definition) is 1. The molecule has 1 saturated heterocycles. The zero-order valence-corrected chi connectivity index (χ0v) is 15.8. The van der Waals surface area contributed by atoms with Crippen molar-refractivity contribution >= 4 is 29.0 Å². The van der Waals surface area contributed by atoms with Gasteiger partial charge < -0.3 is 9.88 Å². The number of aromatic amines is 1. The molecule has 2 fully saturated rings. The second-order valence-electron chi connectivity index (χ2n) is 7.52. The highest BCUT2D eigenvalue weighted by atomic mass is 32.1. The molecule has 2 aliphatic rings. The Balaban J connectivity index is 1.52. The summed E-state index contributed by atoms with van der Waals surface area (Å²) < 4.78 is 1.91. The number of benzene rings is 1. The van der Waals surface area contributed by atoms with Gasteiger partial charge in [0.05, 0.1) is 10.9 Å². The van der Waals surface area contributed by atoms with Crippen LogP contribution in [-0.4, -0.2) is 32.9 Å². The molecule has 1 aromatic heterocycles. The van der Waals surface area contributed by atoms with E-state index in [9.17, 15) is 9.59 Å². The van der Waals surface area contributed by atoms with Crippen molar-refractivity contribution in [1.82, 2.24) is 14.5 Å². The first kappa shape index (κ1) is 17.5. The second kappa shape index (κ2) is 7.35. The van der Waals surface area contributed by atoms with Crippen molar-refractivity contribution in [1.29, 1.82) is 0 Å². The minimum absolute atomic E-state index is 0.119. The first-order valence-electron chi connectivity index (χ1n) is 9.66. The van der Waals surface area contributed by atoms with Crippen LogP contribution >= 0.6 is 12.2 Å². The number of para-hydroxylation sites is 1. The normalized spacial score (nSPS) is 23.0. The van der Waals surface area contributed by atoms with E-state index in [1.54, 1.807) is 6.07 Å². The Kier molecular flexibility index (Phi) is 4.94. The van der Waals surface area contributed by atoms with Crippen LogP contribution in [0.15, 0.2) is 29.1 Å². The van der Waals surface area contributed by atoms with E-state index in [0.717, 1.165) is 24.9 Å². The smallest absolute Gasteiger partial charge is 0.262 e. The Morgan fingerprint density at radius 3 is 2.81 bits per heavy atom. The molecule has 2 heterocycles. The standard InChI is InChI=1S/C20H25N3O2S/c24-18(22-12-5-7-14-6-1-4-10-17(14)22)11-13-23-19(25)15-8-2-3-9-16(15)21-20(23)26/h2-3,8-9,14,17H,1,4-7,10-13H2,(H,21,26)/t14-,17-/m1/s1. The summed E-state index contributed by atoms with van der Waals surface area (Å²) in [6, 6.07) is 7.76. The number of rotatable bonds is 3. The summed E-state index contributed by atoms with van der Waals surface area (Å²) in [5.74, 6) is 0.837. The van der Waals surface area contributed by atoms with E-state index in [-0.39, 0.29) is 11.5 Å². The van der Waals surface area contributed by atoms with Crippen LogP contribution in [0.25, 0.3) is 10.9 Å². The number of likely N-dealkylation sites (tertiary alicyclic amines) is 1. The summed E-state index contributed by atoms with van der Waals surface area (Å²) in [7, 11) is 0. The van der Waals surface area contributed by atoms with E-state index in [0.29, 0.717) is 35.1 Å². The summed E-state index contributed by atoms with van der Waals surface area (Å²) in [4.78, 5) is 30.8.